The number of ketones is 1. The van der Waals surface area contributed by atoms with Gasteiger partial charge in [0.05, 0.1) is 16.5 Å². The van der Waals surface area contributed by atoms with Gasteiger partial charge in [-0.1, -0.05) is 33.6 Å². The van der Waals surface area contributed by atoms with Crippen molar-refractivity contribution < 1.29 is 4.79 Å². The molecule has 0 fully saturated rings. The van der Waals surface area contributed by atoms with E-state index >= 15 is 0 Å². The summed E-state index contributed by atoms with van der Waals surface area (Å²) in [5.74, 6) is 0.0652. The summed E-state index contributed by atoms with van der Waals surface area (Å²) >= 11 is 9.25. The van der Waals surface area contributed by atoms with Gasteiger partial charge in [-0.3, -0.25) is 4.79 Å². The van der Waals surface area contributed by atoms with Crippen molar-refractivity contribution in [1.82, 2.24) is 0 Å². The smallest absolute Gasteiger partial charge is 0.143 e. The van der Waals surface area contributed by atoms with Crippen LogP contribution in [0, 0.1) is 11.3 Å². The van der Waals surface area contributed by atoms with Gasteiger partial charge in [0, 0.05) is 5.02 Å². The van der Waals surface area contributed by atoms with E-state index in [9.17, 15) is 4.79 Å². The van der Waals surface area contributed by atoms with Gasteiger partial charge in [-0.15, -0.1) is 0 Å². The molecule has 4 heteroatoms. The fourth-order valence-corrected chi connectivity index (χ4v) is 1.73. The van der Waals surface area contributed by atoms with Gasteiger partial charge in [0.15, 0.2) is 0 Å². The highest BCUT2D eigenvalue weighted by atomic mass is 79.9. The van der Waals surface area contributed by atoms with Crippen LogP contribution < -0.4 is 0 Å². The molecule has 0 aromatic heterocycles. The first-order chi connectivity index (χ1) is 7.04. The number of halogens is 2. The third-order valence-corrected chi connectivity index (χ3v) is 3.34. The second-order valence-corrected chi connectivity index (χ2v) is 4.71. The molecule has 0 bridgehead atoms. The van der Waals surface area contributed by atoms with Crippen molar-refractivity contribution in [2.45, 2.75) is 18.2 Å². The molecule has 0 heterocycles. The molecule has 0 saturated carbocycles. The van der Waals surface area contributed by atoms with Gasteiger partial charge >= 0.3 is 0 Å². The summed E-state index contributed by atoms with van der Waals surface area (Å²) in [5, 5.41) is 9.18. The summed E-state index contributed by atoms with van der Waals surface area (Å²) in [5.41, 5.74) is 1.39. The van der Waals surface area contributed by atoms with Gasteiger partial charge in [0.1, 0.15) is 5.78 Å². The lowest BCUT2D eigenvalue weighted by Gasteiger charge is -2.07. The number of alkyl halides is 1. The molecule has 2 nitrogen and oxygen atoms in total. The Bertz CT molecular complexity index is 425. The number of hydrogen-bond acceptors (Lipinski definition) is 2. The molecule has 1 unspecified atom stereocenters. The van der Waals surface area contributed by atoms with Crippen molar-refractivity contribution in [2.75, 3.05) is 0 Å². The zero-order valence-corrected chi connectivity index (χ0v) is 10.5. The topological polar surface area (TPSA) is 40.9 Å². The maximum Gasteiger partial charge on any atom is 0.143 e. The lowest BCUT2D eigenvalue weighted by atomic mass is 10.1. The van der Waals surface area contributed by atoms with E-state index in [4.69, 9.17) is 16.9 Å². The lowest BCUT2D eigenvalue weighted by molar-refractivity contribution is -0.116. The molecule has 0 saturated heterocycles. The van der Waals surface area contributed by atoms with Crippen molar-refractivity contribution in [3.63, 3.8) is 0 Å². The zero-order valence-electron chi connectivity index (χ0n) is 8.13. The van der Waals surface area contributed by atoms with Crippen LogP contribution in [0.15, 0.2) is 18.2 Å². The maximum atomic E-state index is 11.0. The quantitative estimate of drug-likeness (QED) is 0.801. The Labute approximate surface area is 102 Å². The normalized spacial score (nSPS) is 11.9. The predicted molar refractivity (Wildman–Crippen MR) is 63.3 cm³/mol. The Balaban J connectivity index is 2.88. The summed E-state index contributed by atoms with van der Waals surface area (Å²) in [6.45, 7) is 1.52. The highest BCUT2D eigenvalue weighted by Gasteiger charge is 2.12. The molecule has 0 aliphatic heterocycles. The van der Waals surface area contributed by atoms with E-state index in [1.165, 1.54) is 6.92 Å². The fraction of sp³-hybridized carbons (Fsp3) is 0.273. The van der Waals surface area contributed by atoms with Gasteiger partial charge in [-0.05, 0) is 31.0 Å². The van der Waals surface area contributed by atoms with Gasteiger partial charge in [0.2, 0.25) is 0 Å². The summed E-state index contributed by atoms with van der Waals surface area (Å²) in [6, 6.07) is 7.09. The molecule has 1 aromatic rings. The number of carbonyl (C=O) groups excluding carboxylic acids is 1. The van der Waals surface area contributed by atoms with Crippen LogP contribution in [0.2, 0.25) is 5.02 Å². The minimum atomic E-state index is -0.220. The van der Waals surface area contributed by atoms with Crippen molar-refractivity contribution in [3.8, 4) is 6.07 Å². The first kappa shape index (κ1) is 12.2. The van der Waals surface area contributed by atoms with Crippen molar-refractivity contribution >= 4 is 33.3 Å². The summed E-state index contributed by atoms with van der Waals surface area (Å²) in [7, 11) is 0. The van der Waals surface area contributed by atoms with Gasteiger partial charge in [0.25, 0.3) is 0 Å². The van der Waals surface area contributed by atoms with Gasteiger partial charge in [-0.25, -0.2) is 0 Å². The van der Waals surface area contributed by atoms with Gasteiger partial charge in [-0.2, -0.15) is 5.26 Å². The molecule has 0 aliphatic rings. The monoisotopic (exact) mass is 285 g/mol. The van der Waals surface area contributed by atoms with Crippen molar-refractivity contribution in [3.05, 3.63) is 34.3 Å². The number of Topliss-reactive ketones (excluding diaryl/α,β-unsaturated/α-hetero) is 1. The van der Waals surface area contributed by atoms with Crippen LogP contribution >= 0.6 is 27.5 Å². The van der Waals surface area contributed by atoms with Crippen molar-refractivity contribution in [2.24, 2.45) is 0 Å². The third kappa shape index (κ3) is 3.33. The number of benzene rings is 1. The number of rotatable bonds is 3. The van der Waals surface area contributed by atoms with Gasteiger partial charge < -0.3 is 0 Å². The van der Waals surface area contributed by atoms with Crippen molar-refractivity contribution in [1.29, 1.82) is 5.26 Å². The Morgan fingerprint density at radius 1 is 1.67 bits per heavy atom. The molecule has 0 amide bonds. The first-order valence-electron chi connectivity index (χ1n) is 4.37. The van der Waals surface area contributed by atoms with E-state index in [0.29, 0.717) is 17.0 Å². The minimum absolute atomic E-state index is 0.0652. The number of carbonyl (C=O) groups is 1. The number of hydrogen-bond donors (Lipinski definition) is 0. The Morgan fingerprint density at radius 3 is 2.80 bits per heavy atom. The van der Waals surface area contributed by atoms with E-state index in [1.54, 1.807) is 18.2 Å². The van der Waals surface area contributed by atoms with Crippen LogP contribution in [-0.2, 0) is 11.2 Å². The summed E-state index contributed by atoms with van der Waals surface area (Å²) in [4.78, 5) is 10.8. The van der Waals surface area contributed by atoms with E-state index in [0.717, 1.165) is 5.56 Å². The summed E-state index contributed by atoms with van der Waals surface area (Å²) in [6.07, 6.45) is 0.542. The molecule has 1 atom stereocenters. The second-order valence-electron chi connectivity index (χ2n) is 3.20. The first-order valence-corrected chi connectivity index (χ1v) is 5.67. The van der Waals surface area contributed by atoms with Crippen LogP contribution in [0.4, 0.5) is 0 Å². The van der Waals surface area contributed by atoms with Crippen LogP contribution in [-0.4, -0.2) is 10.6 Å². The Kier molecular flexibility index (Phi) is 4.31. The molecule has 1 rings (SSSR count). The second kappa shape index (κ2) is 5.29. The molecule has 1 aromatic carbocycles. The zero-order chi connectivity index (χ0) is 11.4. The molecule has 15 heavy (non-hydrogen) atoms. The van der Waals surface area contributed by atoms with Crippen LogP contribution in [0.25, 0.3) is 0 Å². The average molecular weight is 287 g/mol. The van der Waals surface area contributed by atoms with E-state index in [-0.39, 0.29) is 10.6 Å². The molecular formula is C11H9BrClNO. The molecular weight excluding hydrogens is 277 g/mol. The van der Waals surface area contributed by atoms with Crippen LogP contribution in [0.5, 0.6) is 0 Å². The van der Waals surface area contributed by atoms with E-state index in [2.05, 4.69) is 15.9 Å². The summed E-state index contributed by atoms with van der Waals surface area (Å²) < 4.78 is 0. The number of nitriles is 1. The number of nitrogens with zero attached hydrogens (tertiary/aromatic N) is 1. The standard InChI is InChI=1S/C11H9BrClNO/c1-7(15)10(12)5-9-3-2-8(6-14)4-11(9)13/h2-4,10H,5H2,1H3. The van der Waals surface area contributed by atoms with Crippen LogP contribution in [0.3, 0.4) is 0 Å². The minimum Gasteiger partial charge on any atom is -0.299 e. The van der Waals surface area contributed by atoms with E-state index in [1.807, 2.05) is 6.07 Å². The fourth-order valence-electron chi connectivity index (χ4n) is 1.12. The molecule has 0 spiro atoms. The molecule has 0 aliphatic carbocycles. The van der Waals surface area contributed by atoms with Crippen LogP contribution in [0.1, 0.15) is 18.1 Å². The molecule has 0 N–H and O–H groups in total. The highest BCUT2D eigenvalue weighted by Crippen LogP contribution is 2.21. The maximum absolute atomic E-state index is 11.0. The predicted octanol–water partition coefficient (Wildman–Crippen LogP) is 3.11. The molecule has 0 radical (unpaired) electrons. The average Bonchev–Trinajstić information content (AvgIpc) is 2.20. The molecule has 78 valence electrons. The third-order valence-electron chi connectivity index (χ3n) is 2.02. The highest BCUT2D eigenvalue weighted by molar-refractivity contribution is 9.10. The lowest BCUT2D eigenvalue weighted by Crippen LogP contribution is -2.12. The Morgan fingerprint density at radius 2 is 2.33 bits per heavy atom. The largest absolute Gasteiger partial charge is 0.299 e. The Hall–Kier alpha value is -0.850. The SMILES string of the molecule is CC(=O)C(Br)Cc1ccc(C#N)cc1Cl. The van der Waals surface area contributed by atoms with E-state index < -0.39 is 0 Å².